The molecule has 130 valence electrons. The number of halogens is 1. The summed E-state index contributed by atoms with van der Waals surface area (Å²) in [7, 11) is 0. The van der Waals surface area contributed by atoms with Crippen LogP contribution in [0, 0.1) is 12.7 Å². The summed E-state index contributed by atoms with van der Waals surface area (Å²) in [6.45, 7) is 3.99. The Morgan fingerprint density at radius 1 is 1.42 bits per heavy atom. The van der Waals surface area contributed by atoms with Gasteiger partial charge in [0.1, 0.15) is 0 Å². The normalized spacial score (nSPS) is 10.7. The summed E-state index contributed by atoms with van der Waals surface area (Å²) in [4.78, 5) is 11.7. The van der Waals surface area contributed by atoms with E-state index in [1.165, 1.54) is 18.2 Å². The molecule has 2 aromatic rings. The van der Waals surface area contributed by atoms with Gasteiger partial charge in [0, 0.05) is 0 Å². The minimum absolute atomic E-state index is 0.0202. The third-order valence-corrected chi connectivity index (χ3v) is 3.59. The Bertz CT molecular complexity index is 700. The number of aliphatic hydroxyl groups is 1. The van der Waals surface area contributed by atoms with Gasteiger partial charge in [-0.15, -0.1) is 0 Å². The quantitative estimate of drug-likeness (QED) is 0.572. The van der Waals surface area contributed by atoms with Gasteiger partial charge >= 0.3 is 5.97 Å². The minimum Gasteiger partial charge on any atom is -0.490 e. The van der Waals surface area contributed by atoms with Crippen molar-refractivity contribution in [2.75, 3.05) is 13.2 Å². The van der Waals surface area contributed by atoms with E-state index in [0.717, 1.165) is 11.3 Å². The summed E-state index contributed by atoms with van der Waals surface area (Å²) >= 11 is 0. The second-order valence-corrected chi connectivity index (χ2v) is 5.24. The van der Waals surface area contributed by atoms with E-state index in [0.29, 0.717) is 18.5 Å². The molecule has 0 unspecified atom stereocenters. The van der Waals surface area contributed by atoms with E-state index in [4.69, 9.17) is 9.47 Å². The van der Waals surface area contributed by atoms with Crippen molar-refractivity contribution in [2.45, 2.75) is 33.3 Å². The second kappa shape index (κ2) is 8.44. The maximum absolute atomic E-state index is 13.8. The smallest absolute Gasteiger partial charge is 0.338 e. The van der Waals surface area contributed by atoms with Crippen LogP contribution in [0.3, 0.4) is 0 Å². The summed E-state index contributed by atoms with van der Waals surface area (Å²) in [5.74, 6) is -1.02. The Labute approximate surface area is 139 Å². The molecule has 1 heterocycles. The lowest BCUT2D eigenvalue weighted by Crippen LogP contribution is -2.07. The van der Waals surface area contributed by atoms with Gasteiger partial charge in [-0.2, -0.15) is 5.10 Å². The molecular weight excluding hydrogens is 315 g/mol. The molecular formula is C17H21FN2O4. The first-order chi connectivity index (χ1) is 11.6. The monoisotopic (exact) mass is 336 g/mol. The highest BCUT2D eigenvalue weighted by molar-refractivity contribution is 5.89. The number of nitrogens with zero attached hydrogens (tertiary/aromatic N) is 1. The third-order valence-electron chi connectivity index (χ3n) is 3.59. The molecule has 24 heavy (non-hydrogen) atoms. The largest absolute Gasteiger partial charge is 0.490 e. The van der Waals surface area contributed by atoms with Crippen LogP contribution in [-0.4, -0.2) is 34.5 Å². The Kier molecular flexibility index (Phi) is 6.31. The molecule has 0 aliphatic carbocycles. The first-order valence-corrected chi connectivity index (χ1v) is 7.79. The number of rotatable bonds is 8. The van der Waals surface area contributed by atoms with E-state index in [-0.39, 0.29) is 31.1 Å². The number of esters is 1. The van der Waals surface area contributed by atoms with Gasteiger partial charge in [0.05, 0.1) is 36.8 Å². The summed E-state index contributed by atoms with van der Waals surface area (Å²) in [5, 5.41) is 16.1. The molecule has 0 bridgehead atoms. The molecule has 1 aromatic carbocycles. The molecule has 0 fully saturated rings. The molecule has 0 radical (unpaired) electrons. The lowest BCUT2D eigenvalue weighted by Gasteiger charge is -2.09. The van der Waals surface area contributed by atoms with Gasteiger partial charge in [-0.25, -0.2) is 9.18 Å². The fraction of sp³-hybridized carbons (Fsp3) is 0.412. The lowest BCUT2D eigenvalue weighted by molar-refractivity contribution is 0.0525. The van der Waals surface area contributed by atoms with Gasteiger partial charge in [-0.1, -0.05) is 0 Å². The van der Waals surface area contributed by atoms with Crippen LogP contribution in [0.4, 0.5) is 4.39 Å². The Hall–Kier alpha value is -2.41. The second-order valence-electron chi connectivity index (χ2n) is 5.24. The number of aromatic nitrogens is 2. The number of carbonyl (C=O) groups excluding carboxylic acids is 1. The van der Waals surface area contributed by atoms with Gasteiger partial charge in [0.2, 0.25) is 0 Å². The molecule has 7 heteroatoms. The van der Waals surface area contributed by atoms with Crippen molar-refractivity contribution >= 4 is 5.97 Å². The number of nitrogens with one attached hydrogen (secondary N) is 1. The van der Waals surface area contributed by atoms with Gasteiger partial charge in [-0.05, 0) is 50.5 Å². The molecule has 0 aliphatic heterocycles. The van der Waals surface area contributed by atoms with Gasteiger partial charge in [-0.3, -0.25) is 5.10 Å². The van der Waals surface area contributed by atoms with Gasteiger partial charge in [0.15, 0.2) is 11.6 Å². The van der Waals surface area contributed by atoms with Crippen molar-refractivity contribution < 1.29 is 23.8 Å². The molecule has 2 N–H and O–H groups in total. The molecule has 0 aliphatic rings. The van der Waals surface area contributed by atoms with Crippen LogP contribution in [0.5, 0.6) is 5.75 Å². The lowest BCUT2D eigenvalue weighted by atomic mass is 10.1. The Balaban J connectivity index is 1.93. The average molecular weight is 336 g/mol. The number of aryl methyl sites for hydroxylation is 1. The number of aliphatic hydroxyl groups excluding tert-OH is 1. The molecule has 0 amide bonds. The van der Waals surface area contributed by atoms with E-state index in [2.05, 4.69) is 10.2 Å². The standard InChI is InChI=1S/C17H21FN2O4/c1-3-23-17(22)12-6-7-14(18)16(9-12)24-8-4-5-13-11(2)19-20-15(13)10-21/h6-7,9,21H,3-5,8,10H2,1-2H3,(H,19,20). The number of benzene rings is 1. The van der Waals surface area contributed by atoms with Crippen molar-refractivity contribution in [1.82, 2.24) is 10.2 Å². The number of hydrogen-bond donors (Lipinski definition) is 2. The van der Waals surface area contributed by atoms with Crippen molar-refractivity contribution in [3.8, 4) is 5.75 Å². The number of H-pyrrole nitrogens is 1. The van der Waals surface area contributed by atoms with Crippen LogP contribution in [0.15, 0.2) is 18.2 Å². The highest BCUT2D eigenvalue weighted by Crippen LogP contribution is 2.20. The zero-order valence-electron chi connectivity index (χ0n) is 13.8. The zero-order valence-corrected chi connectivity index (χ0v) is 13.8. The first kappa shape index (κ1) is 17.9. The van der Waals surface area contributed by atoms with Crippen LogP contribution in [-0.2, 0) is 17.8 Å². The highest BCUT2D eigenvalue weighted by atomic mass is 19.1. The zero-order chi connectivity index (χ0) is 17.5. The van der Waals surface area contributed by atoms with E-state index in [9.17, 15) is 14.3 Å². The van der Waals surface area contributed by atoms with E-state index in [1.54, 1.807) is 6.92 Å². The van der Waals surface area contributed by atoms with Crippen LogP contribution >= 0.6 is 0 Å². The summed E-state index contributed by atoms with van der Waals surface area (Å²) in [5.41, 5.74) is 2.71. The average Bonchev–Trinajstić information content (AvgIpc) is 2.93. The maximum Gasteiger partial charge on any atom is 0.338 e. The molecule has 1 aromatic heterocycles. The Morgan fingerprint density at radius 2 is 2.21 bits per heavy atom. The highest BCUT2D eigenvalue weighted by Gasteiger charge is 2.12. The van der Waals surface area contributed by atoms with E-state index < -0.39 is 11.8 Å². The summed E-state index contributed by atoms with van der Waals surface area (Å²) in [6.07, 6.45) is 1.27. The fourth-order valence-electron chi connectivity index (χ4n) is 2.35. The van der Waals surface area contributed by atoms with Crippen molar-refractivity contribution in [3.05, 3.63) is 46.5 Å². The predicted octanol–water partition coefficient (Wildman–Crippen LogP) is 2.54. The van der Waals surface area contributed by atoms with E-state index in [1.807, 2.05) is 6.92 Å². The number of carbonyl (C=O) groups is 1. The third kappa shape index (κ3) is 4.32. The summed E-state index contributed by atoms with van der Waals surface area (Å²) in [6, 6.07) is 3.89. The minimum atomic E-state index is -0.529. The van der Waals surface area contributed by atoms with Crippen molar-refractivity contribution in [2.24, 2.45) is 0 Å². The number of ether oxygens (including phenoxy) is 2. The number of aromatic amines is 1. The van der Waals surface area contributed by atoms with Crippen molar-refractivity contribution in [1.29, 1.82) is 0 Å². The van der Waals surface area contributed by atoms with Crippen LogP contribution in [0.25, 0.3) is 0 Å². The van der Waals surface area contributed by atoms with Crippen molar-refractivity contribution in [3.63, 3.8) is 0 Å². The molecule has 0 saturated heterocycles. The molecule has 0 saturated carbocycles. The summed E-state index contributed by atoms with van der Waals surface area (Å²) < 4.78 is 24.1. The Morgan fingerprint density at radius 3 is 2.92 bits per heavy atom. The molecule has 6 nitrogen and oxygen atoms in total. The molecule has 2 rings (SSSR count). The maximum atomic E-state index is 13.8. The SMILES string of the molecule is CCOC(=O)c1ccc(F)c(OCCCc2c(C)n[nH]c2CO)c1. The van der Waals surface area contributed by atoms with Gasteiger partial charge < -0.3 is 14.6 Å². The van der Waals surface area contributed by atoms with Crippen LogP contribution in [0.2, 0.25) is 0 Å². The first-order valence-electron chi connectivity index (χ1n) is 7.79. The van der Waals surface area contributed by atoms with E-state index >= 15 is 0 Å². The number of hydrogen-bond acceptors (Lipinski definition) is 5. The van der Waals surface area contributed by atoms with Crippen LogP contribution in [0.1, 0.15) is 40.7 Å². The topological polar surface area (TPSA) is 84.4 Å². The molecule has 0 atom stereocenters. The fourth-order valence-corrected chi connectivity index (χ4v) is 2.35. The predicted molar refractivity (Wildman–Crippen MR) is 85.4 cm³/mol. The van der Waals surface area contributed by atoms with Crippen LogP contribution < -0.4 is 4.74 Å². The van der Waals surface area contributed by atoms with Gasteiger partial charge in [0.25, 0.3) is 0 Å². The molecule has 0 spiro atoms.